The number of ether oxygens (including phenoxy) is 1. The lowest BCUT2D eigenvalue weighted by atomic mass is 10.0. The number of aryl methyl sites for hydroxylation is 1. The van der Waals surface area contributed by atoms with Crippen LogP contribution in [0, 0.1) is 0 Å². The molecule has 3 aromatic heterocycles. The summed E-state index contributed by atoms with van der Waals surface area (Å²) in [4.78, 5) is 22.6. The fourth-order valence-electron chi connectivity index (χ4n) is 3.06. The number of amides is 1. The van der Waals surface area contributed by atoms with Crippen molar-refractivity contribution in [3.05, 3.63) is 59.6 Å². The molecule has 0 aromatic carbocycles. The molecule has 0 aliphatic carbocycles. The molecule has 1 amide bonds. The van der Waals surface area contributed by atoms with Crippen LogP contribution in [0.2, 0.25) is 0 Å². The third-order valence-corrected chi connectivity index (χ3v) is 4.34. The molecule has 0 saturated heterocycles. The number of rotatable bonds is 4. The largest absolute Gasteiger partial charge is 0.470 e. The summed E-state index contributed by atoms with van der Waals surface area (Å²) in [6, 6.07) is 1.67. The summed E-state index contributed by atoms with van der Waals surface area (Å²) in [7, 11) is 1.91. The van der Waals surface area contributed by atoms with Crippen molar-refractivity contribution in [1.29, 1.82) is 0 Å². The highest BCUT2D eigenvalue weighted by atomic mass is 16.5. The van der Waals surface area contributed by atoms with E-state index in [-0.39, 0.29) is 12.5 Å². The molecule has 4 heterocycles. The first-order chi connectivity index (χ1) is 12.7. The first kappa shape index (κ1) is 16.1. The average molecular weight is 351 g/mol. The topological polar surface area (TPSA) is 98.9 Å². The van der Waals surface area contributed by atoms with Crippen molar-refractivity contribution in [2.75, 3.05) is 6.54 Å². The van der Waals surface area contributed by atoms with Crippen LogP contribution in [0.15, 0.2) is 37.1 Å². The number of carbonyl (C=O) groups excluding carboxylic acids is 1. The van der Waals surface area contributed by atoms with Crippen LogP contribution in [0.3, 0.4) is 0 Å². The van der Waals surface area contributed by atoms with Gasteiger partial charge in [0.25, 0.3) is 5.91 Å². The molecule has 0 spiro atoms. The van der Waals surface area contributed by atoms with E-state index in [2.05, 4.69) is 25.3 Å². The van der Waals surface area contributed by atoms with Gasteiger partial charge >= 0.3 is 0 Å². The van der Waals surface area contributed by atoms with Crippen LogP contribution in [0.4, 0.5) is 0 Å². The van der Waals surface area contributed by atoms with E-state index in [4.69, 9.17) is 4.74 Å². The van der Waals surface area contributed by atoms with Crippen LogP contribution >= 0.6 is 0 Å². The molecule has 1 aliphatic rings. The molecule has 3 aromatic rings. The molecule has 0 unspecified atom stereocenters. The minimum Gasteiger partial charge on any atom is -0.470 e. The Labute approximate surface area is 149 Å². The van der Waals surface area contributed by atoms with E-state index in [1.807, 2.05) is 11.7 Å². The lowest BCUT2D eigenvalue weighted by Crippen LogP contribution is -2.36. The van der Waals surface area contributed by atoms with Crippen LogP contribution < -0.4 is 4.74 Å². The Balaban J connectivity index is 1.53. The van der Waals surface area contributed by atoms with Gasteiger partial charge in [-0.3, -0.25) is 14.5 Å². The first-order valence-electron chi connectivity index (χ1n) is 8.21. The van der Waals surface area contributed by atoms with Crippen molar-refractivity contribution < 1.29 is 9.53 Å². The summed E-state index contributed by atoms with van der Waals surface area (Å²) in [6.07, 6.45) is 8.47. The molecule has 4 rings (SSSR count). The van der Waals surface area contributed by atoms with E-state index in [1.54, 1.807) is 29.6 Å². The molecule has 0 fully saturated rings. The molecule has 0 atom stereocenters. The molecule has 0 bridgehead atoms. The number of nitrogens with zero attached hydrogens (tertiary/aromatic N) is 7. The summed E-state index contributed by atoms with van der Waals surface area (Å²) in [6.45, 7) is 1.41. The van der Waals surface area contributed by atoms with Crippen LogP contribution in [-0.2, 0) is 26.6 Å². The Morgan fingerprint density at radius 2 is 2.15 bits per heavy atom. The van der Waals surface area contributed by atoms with Gasteiger partial charge in [-0.05, 0) is 6.07 Å². The molecule has 0 saturated carbocycles. The van der Waals surface area contributed by atoms with Gasteiger partial charge in [0.15, 0.2) is 0 Å². The second-order valence-electron chi connectivity index (χ2n) is 5.94. The molecular formula is C17H17N7O2. The van der Waals surface area contributed by atoms with Gasteiger partial charge in [0.05, 0.1) is 24.2 Å². The van der Waals surface area contributed by atoms with Gasteiger partial charge in [-0.1, -0.05) is 0 Å². The Morgan fingerprint density at radius 3 is 2.92 bits per heavy atom. The number of carbonyl (C=O) groups is 1. The summed E-state index contributed by atoms with van der Waals surface area (Å²) >= 11 is 0. The predicted octanol–water partition coefficient (Wildman–Crippen LogP) is 0.778. The fourth-order valence-corrected chi connectivity index (χ4v) is 3.06. The zero-order chi connectivity index (χ0) is 17.9. The van der Waals surface area contributed by atoms with Gasteiger partial charge in [0.2, 0.25) is 5.88 Å². The quantitative estimate of drug-likeness (QED) is 0.685. The molecule has 9 heteroatoms. The fraction of sp³-hybridized carbons (Fsp3) is 0.294. The van der Waals surface area contributed by atoms with Crippen molar-refractivity contribution in [2.45, 2.75) is 19.6 Å². The van der Waals surface area contributed by atoms with Gasteiger partial charge in [-0.25, -0.2) is 4.98 Å². The van der Waals surface area contributed by atoms with E-state index in [9.17, 15) is 4.79 Å². The van der Waals surface area contributed by atoms with E-state index in [0.717, 1.165) is 23.4 Å². The summed E-state index contributed by atoms with van der Waals surface area (Å²) < 4.78 is 7.54. The third-order valence-electron chi connectivity index (χ3n) is 4.34. The van der Waals surface area contributed by atoms with Crippen molar-refractivity contribution in [3.63, 3.8) is 0 Å². The molecular weight excluding hydrogens is 334 g/mol. The maximum atomic E-state index is 12.7. The molecule has 26 heavy (non-hydrogen) atoms. The van der Waals surface area contributed by atoms with Gasteiger partial charge in [0, 0.05) is 50.2 Å². The second kappa shape index (κ2) is 6.87. The second-order valence-corrected chi connectivity index (χ2v) is 5.94. The highest BCUT2D eigenvalue weighted by molar-refractivity contribution is 5.93. The van der Waals surface area contributed by atoms with E-state index < -0.39 is 0 Å². The average Bonchev–Trinajstić information content (AvgIpc) is 3.02. The smallest absolute Gasteiger partial charge is 0.255 e. The van der Waals surface area contributed by atoms with Crippen molar-refractivity contribution in [1.82, 2.24) is 34.8 Å². The first-order valence-corrected chi connectivity index (χ1v) is 8.21. The van der Waals surface area contributed by atoms with Crippen molar-refractivity contribution >= 4 is 5.91 Å². The highest BCUT2D eigenvalue weighted by Crippen LogP contribution is 2.24. The Hall–Kier alpha value is -3.36. The summed E-state index contributed by atoms with van der Waals surface area (Å²) in [5.74, 6) is 0.383. The van der Waals surface area contributed by atoms with E-state index in [0.29, 0.717) is 24.5 Å². The van der Waals surface area contributed by atoms with Gasteiger partial charge in [0.1, 0.15) is 12.3 Å². The lowest BCUT2D eigenvalue weighted by Gasteiger charge is -2.27. The summed E-state index contributed by atoms with van der Waals surface area (Å²) in [5.41, 5.74) is 3.49. The number of aromatic nitrogens is 6. The number of hydrogen-bond acceptors (Lipinski definition) is 7. The SMILES string of the molecule is Cn1nc(COc2cnccn2)c2c1CCN(C(=O)c1ccnnc1)C2. The number of hydrogen-bond donors (Lipinski definition) is 0. The highest BCUT2D eigenvalue weighted by Gasteiger charge is 2.27. The van der Waals surface area contributed by atoms with E-state index in [1.165, 1.54) is 12.4 Å². The minimum atomic E-state index is -0.0600. The normalized spacial score (nSPS) is 13.3. The van der Waals surface area contributed by atoms with Gasteiger partial charge in [-0.2, -0.15) is 15.3 Å². The molecule has 9 nitrogen and oxygen atoms in total. The summed E-state index contributed by atoms with van der Waals surface area (Å²) in [5, 5.41) is 12.1. The number of fused-ring (bicyclic) bond motifs is 1. The van der Waals surface area contributed by atoms with E-state index >= 15 is 0 Å². The standard InChI is InChI=1S/C17H17N7O2/c1-23-15-3-7-24(17(25)12-2-4-20-21-8-12)10-13(15)14(22-23)11-26-16-9-18-5-6-19-16/h2,4-6,8-9H,3,7,10-11H2,1H3. The van der Waals surface area contributed by atoms with Crippen molar-refractivity contribution in [2.24, 2.45) is 7.05 Å². The van der Waals surface area contributed by atoms with Crippen LogP contribution in [0.5, 0.6) is 5.88 Å². The Kier molecular flexibility index (Phi) is 4.26. The molecule has 1 aliphatic heterocycles. The van der Waals surface area contributed by atoms with Crippen LogP contribution in [0.1, 0.15) is 27.3 Å². The van der Waals surface area contributed by atoms with Gasteiger partial charge in [-0.15, -0.1) is 0 Å². The van der Waals surface area contributed by atoms with Gasteiger partial charge < -0.3 is 9.64 Å². The molecule has 132 valence electrons. The van der Waals surface area contributed by atoms with Crippen LogP contribution in [-0.4, -0.2) is 47.3 Å². The molecule has 0 radical (unpaired) electrons. The van der Waals surface area contributed by atoms with Crippen LogP contribution in [0.25, 0.3) is 0 Å². The molecule has 0 N–H and O–H groups in total. The predicted molar refractivity (Wildman–Crippen MR) is 90.0 cm³/mol. The third kappa shape index (κ3) is 3.10. The Bertz CT molecular complexity index is 912. The maximum Gasteiger partial charge on any atom is 0.255 e. The lowest BCUT2D eigenvalue weighted by molar-refractivity contribution is 0.0731. The zero-order valence-corrected chi connectivity index (χ0v) is 14.2. The van der Waals surface area contributed by atoms with Crippen molar-refractivity contribution in [3.8, 4) is 5.88 Å². The zero-order valence-electron chi connectivity index (χ0n) is 14.2. The monoisotopic (exact) mass is 351 g/mol. The maximum absolute atomic E-state index is 12.7. The minimum absolute atomic E-state index is 0.0600. The Morgan fingerprint density at radius 1 is 1.23 bits per heavy atom.